The number of carbonyl (C=O) groups excluding carboxylic acids is 1. The summed E-state index contributed by atoms with van der Waals surface area (Å²) < 4.78 is 5.68. The minimum absolute atomic E-state index is 0.0462. The third kappa shape index (κ3) is 1.92. The first kappa shape index (κ1) is 12.8. The molecule has 0 spiro atoms. The Bertz CT molecular complexity index is 487. The van der Waals surface area contributed by atoms with E-state index in [9.17, 15) is 4.79 Å². The van der Waals surface area contributed by atoms with Crippen molar-refractivity contribution in [3.8, 4) is 5.06 Å². The Morgan fingerprint density at radius 1 is 1.35 bits per heavy atom. The van der Waals surface area contributed by atoms with Crippen LogP contribution in [-0.4, -0.2) is 30.5 Å². The standard InChI is InChI=1S/C16H21NO2S/c18-15(19-14-3-1-10-20-14)16(6-2-7-16)13-11-17-8-4-12(13)5-9-17/h1,3,10,12-13H,2,4-9,11H2. The number of carbonyl (C=O) groups is 1. The molecule has 1 unspecified atom stereocenters. The van der Waals surface area contributed by atoms with Crippen LogP contribution in [0.4, 0.5) is 0 Å². The zero-order valence-electron chi connectivity index (χ0n) is 11.7. The summed E-state index contributed by atoms with van der Waals surface area (Å²) in [6.45, 7) is 3.58. The van der Waals surface area contributed by atoms with Gasteiger partial charge in [0.1, 0.15) is 0 Å². The summed E-state index contributed by atoms with van der Waals surface area (Å²) in [6.07, 6.45) is 5.80. The Balaban J connectivity index is 1.55. The number of hydrogen-bond acceptors (Lipinski definition) is 4. The van der Waals surface area contributed by atoms with Gasteiger partial charge in [0.2, 0.25) is 0 Å². The second-order valence-corrected chi connectivity index (χ2v) is 7.49. The molecular weight excluding hydrogens is 270 g/mol. The summed E-state index contributed by atoms with van der Waals surface area (Å²) in [5.41, 5.74) is -0.173. The quantitative estimate of drug-likeness (QED) is 0.801. The molecular formula is C16H21NO2S. The fraction of sp³-hybridized carbons (Fsp3) is 0.688. The molecule has 108 valence electrons. The molecule has 4 aliphatic rings. The van der Waals surface area contributed by atoms with Gasteiger partial charge in [-0.25, -0.2) is 0 Å². The average Bonchev–Trinajstić information content (AvgIpc) is 2.92. The third-order valence-corrected chi connectivity index (χ3v) is 6.45. The maximum absolute atomic E-state index is 12.8. The normalized spacial score (nSPS) is 34.5. The van der Waals surface area contributed by atoms with Crippen molar-refractivity contribution >= 4 is 17.3 Å². The molecule has 0 radical (unpaired) electrons. The molecule has 1 aliphatic carbocycles. The average molecular weight is 291 g/mol. The van der Waals surface area contributed by atoms with E-state index in [0.29, 0.717) is 5.92 Å². The molecule has 0 N–H and O–H groups in total. The van der Waals surface area contributed by atoms with Gasteiger partial charge in [0, 0.05) is 6.54 Å². The molecule has 4 heterocycles. The van der Waals surface area contributed by atoms with E-state index in [1.807, 2.05) is 17.5 Å². The van der Waals surface area contributed by atoms with E-state index in [1.165, 1.54) is 43.7 Å². The maximum atomic E-state index is 12.8. The zero-order chi connectivity index (χ0) is 13.6. The van der Waals surface area contributed by atoms with E-state index in [-0.39, 0.29) is 11.4 Å². The number of piperidine rings is 3. The van der Waals surface area contributed by atoms with Crippen LogP contribution in [0.3, 0.4) is 0 Å². The van der Waals surface area contributed by atoms with Crippen LogP contribution < -0.4 is 4.74 Å². The first-order chi connectivity index (χ1) is 9.78. The Hall–Kier alpha value is -0.870. The number of nitrogens with zero attached hydrogens (tertiary/aromatic N) is 1. The van der Waals surface area contributed by atoms with Crippen molar-refractivity contribution in [3.63, 3.8) is 0 Å². The predicted octanol–water partition coefficient (Wildman–Crippen LogP) is 3.17. The lowest BCUT2D eigenvalue weighted by Gasteiger charge is -2.55. The van der Waals surface area contributed by atoms with Crippen molar-refractivity contribution in [2.45, 2.75) is 32.1 Å². The van der Waals surface area contributed by atoms with Crippen LogP contribution in [0, 0.1) is 17.3 Å². The number of hydrogen-bond donors (Lipinski definition) is 0. The van der Waals surface area contributed by atoms with Gasteiger partial charge in [0.15, 0.2) is 5.06 Å². The van der Waals surface area contributed by atoms with Crippen LogP contribution in [0.1, 0.15) is 32.1 Å². The molecule has 4 heteroatoms. The minimum atomic E-state index is -0.173. The summed E-state index contributed by atoms with van der Waals surface area (Å²) >= 11 is 1.51. The first-order valence-corrected chi connectivity index (χ1v) is 8.64. The van der Waals surface area contributed by atoms with Crippen molar-refractivity contribution in [3.05, 3.63) is 17.5 Å². The molecule has 20 heavy (non-hydrogen) atoms. The Morgan fingerprint density at radius 3 is 2.65 bits per heavy atom. The second-order valence-electron chi connectivity index (χ2n) is 6.58. The van der Waals surface area contributed by atoms with Crippen molar-refractivity contribution in [1.29, 1.82) is 0 Å². The van der Waals surface area contributed by atoms with E-state index >= 15 is 0 Å². The molecule has 1 aromatic heterocycles. The Labute approximate surface area is 123 Å². The number of esters is 1. The molecule has 0 amide bonds. The van der Waals surface area contributed by atoms with Crippen LogP contribution in [0.25, 0.3) is 0 Å². The number of thiophene rings is 1. The highest BCUT2D eigenvalue weighted by Crippen LogP contribution is 2.54. The molecule has 4 fully saturated rings. The van der Waals surface area contributed by atoms with E-state index in [0.717, 1.165) is 30.4 Å². The topological polar surface area (TPSA) is 29.5 Å². The van der Waals surface area contributed by atoms with E-state index < -0.39 is 0 Å². The van der Waals surface area contributed by atoms with Gasteiger partial charge in [-0.1, -0.05) is 6.42 Å². The summed E-state index contributed by atoms with van der Waals surface area (Å²) in [5.74, 6) is 1.33. The highest BCUT2D eigenvalue weighted by molar-refractivity contribution is 7.11. The summed E-state index contributed by atoms with van der Waals surface area (Å²) in [4.78, 5) is 15.3. The lowest BCUT2D eigenvalue weighted by molar-refractivity contribution is -0.165. The van der Waals surface area contributed by atoms with Gasteiger partial charge in [-0.2, -0.15) is 0 Å². The molecule has 5 rings (SSSR count). The molecule has 3 saturated heterocycles. The molecule has 1 saturated carbocycles. The van der Waals surface area contributed by atoms with E-state index in [4.69, 9.17) is 4.74 Å². The van der Waals surface area contributed by atoms with Gasteiger partial charge in [-0.3, -0.25) is 4.79 Å². The van der Waals surface area contributed by atoms with Crippen LogP contribution in [-0.2, 0) is 4.79 Å². The molecule has 2 bridgehead atoms. The number of fused-ring (bicyclic) bond motifs is 3. The van der Waals surface area contributed by atoms with Gasteiger partial charge in [-0.05, 0) is 68.1 Å². The smallest absolute Gasteiger partial charge is 0.318 e. The van der Waals surface area contributed by atoms with Crippen LogP contribution in [0.2, 0.25) is 0 Å². The van der Waals surface area contributed by atoms with Crippen molar-refractivity contribution in [2.24, 2.45) is 17.3 Å². The first-order valence-electron chi connectivity index (χ1n) is 7.76. The van der Waals surface area contributed by atoms with Crippen LogP contribution >= 0.6 is 11.3 Å². The summed E-state index contributed by atoms with van der Waals surface area (Å²) in [6, 6.07) is 3.83. The molecule has 1 atom stereocenters. The Morgan fingerprint density at radius 2 is 2.15 bits per heavy atom. The number of ether oxygens (including phenoxy) is 1. The lowest BCUT2D eigenvalue weighted by Crippen LogP contribution is -2.58. The SMILES string of the molecule is O=C(Oc1cccs1)C1(C2CN3CCC2CC3)CCC1. The summed E-state index contributed by atoms with van der Waals surface area (Å²) in [7, 11) is 0. The largest absolute Gasteiger partial charge is 0.415 e. The number of rotatable bonds is 3. The zero-order valence-corrected chi connectivity index (χ0v) is 12.5. The van der Waals surface area contributed by atoms with Crippen molar-refractivity contribution in [1.82, 2.24) is 4.90 Å². The van der Waals surface area contributed by atoms with Crippen molar-refractivity contribution in [2.75, 3.05) is 19.6 Å². The fourth-order valence-electron chi connectivity index (χ4n) is 4.39. The van der Waals surface area contributed by atoms with Crippen LogP contribution in [0.5, 0.6) is 5.06 Å². The highest BCUT2D eigenvalue weighted by Gasteiger charge is 2.56. The highest BCUT2D eigenvalue weighted by atomic mass is 32.1. The van der Waals surface area contributed by atoms with E-state index in [2.05, 4.69) is 4.90 Å². The molecule has 1 aromatic rings. The van der Waals surface area contributed by atoms with Gasteiger partial charge >= 0.3 is 5.97 Å². The predicted molar refractivity (Wildman–Crippen MR) is 78.9 cm³/mol. The second kappa shape index (κ2) is 4.85. The lowest BCUT2D eigenvalue weighted by atomic mass is 9.55. The minimum Gasteiger partial charge on any atom is -0.415 e. The summed E-state index contributed by atoms with van der Waals surface area (Å²) in [5, 5.41) is 2.71. The van der Waals surface area contributed by atoms with Gasteiger partial charge in [-0.15, -0.1) is 11.3 Å². The maximum Gasteiger partial charge on any atom is 0.318 e. The van der Waals surface area contributed by atoms with Gasteiger partial charge in [0.05, 0.1) is 5.41 Å². The fourth-order valence-corrected chi connectivity index (χ4v) is 4.96. The Kier molecular flexibility index (Phi) is 3.11. The molecule has 3 nitrogen and oxygen atoms in total. The van der Waals surface area contributed by atoms with Crippen LogP contribution in [0.15, 0.2) is 17.5 Å². The van der Waals surface area contributed by atoms with Crippen molar-refractivity contribution < 1.29 is 9.53 Å². The van der Waals surface area contributed by atoms with Gasteiger partial charge < -0.3 is 9.64 Å². The molecule has 0 aromatic carbocycles. The monoisotopic (exact) mass is 291 g/mol. The van der Waals surface area contributed by atoms with E-state index in [1.54, 1.807) is 0 Å². The van der Waals surface area contributed by atoms with Gasteiger partial charge in [0.25, 0.3) is 0 Å². The molecule has 3 aliphatic heterocycles. The third-order valence-electron chi connectivity index (χ3n) is 5.71.